The monoisotopic (exact) mass is 434 g/mol. The molecule has 0 saturated heterocycles. The van der Waals surface area contributed by atoms with Crippen molar-refractivity contribution in [1.82, 2.24) is 0 Å². The summed E-state index contributed by atoms with van der Waals surface area (Å²) >= 11 is 0. The zero-order valence-corrected chi connectivity index (χ0v) is 20.8. The number of carbonyl (C=O) groups is 1. The van der Waals surface area contributed by atoms with Crippen molar-refractivity contribution in [2.24, 2.45) is 5.92 Å². The van der Waals surface area contributed by atoms with E-state index in [1.165, 1.54) is 5.56 Å². The fraction of sp³-hybridized carbons (Fsp3) is 0.433. The lowest BCUT2D eigenvalue weighted by Crippen LogP contribution is -2.13. The zero-order chi connectivity index (χ0) is 23.6. The molecule has 2 heteroatoms. The second-order valence-electron chi connectivity index (χ2n) is 8.45. The van der Waals surface area contributed by atoms with E-state index in [0.717, 1.165) is 49.7 Å². The van der Waals surface area contributed by atoms with Crippen molar-refractivity contribution < 1.29 is 9.53 Å². The number of benzene rings is 1. The molecular weight excluding hydrogens is 392 g/mol. The molecule has 1 aromatic carbocycles. The number of allylic oxidation sites excluding steroid dienone is 10. The first-order chi connectivity index (χ1) is 15.4. The Hall–Kier alpha value is -2.61. The second kappa shape index (κ2) is 17.0. The summed E-state index contributed by atoms with van der Waals surface area (Å²) in [6.45, 7) is 10.3. The molecule has 0 bridgehead atoms. The third-order valence-electron chi connectivity index (χ3n) is 5.03. The molecule has 0 aromatic heterocycles. The van der Waals surface area contributed by atoms with Crippen LogP contribution in [0, 0.1) is 26.7 Å². The Morgan fingerprint density at radius 3 is 1.69 bits per heavy atom. The molecule has 0 heterocycles. The van der Waals surface area contributed by atoms with Gasteiger partial charge in [0.05, 0.1) is 0 Å². The summed E-state index contributed by atoms with van der Waals surface area (Å²) in [4.78, 5) is 12.3. The largest absolute Gasteiger partial charge is 0.426 e. The average molecular weight is 435 g/mol. The molecule has 1 rings (SSSR count). The van der Waals surface area contributed by atoms with E-state index in [9.17, 15) is 4.79 Å². The van der Waals surface area contributed by atoms with Crippen LogP contribution >= 0.6 is 0 Å². The van der Waals surface area contributed by atoms with Crippen molar-refractivity contribution in [2.45, 2.75) is 79.6 Å². The van der Waals surface area contributed by atoms with Crippen LogP contribution in [0.5, 0.6) is 5.75 Å². The molecular formula is C30H42O2. The Balaban J connectivity index is 2.19. The summed E-state index contributed by atoms with van der Waals surface area (Å²) in [6, 6.07) is 4.10. The lowest BCUT2D eigenvalue weighted by atomic mass is 10.0. The van der Waals surface area contributed by atoms with Crippen molar-refractivity contribution in [2.75, 3.05) is 0 Å². The Labute approximate surface area is 196 Å². The molecule has 1 unspecified atom stereocenters. The van der Waals surface area contributed by atoms with Crippen molar-refractivity contribution in [3.63, 3.8) is 0 Å². The molecule has 0 amide bonds. The van der Waals surface area contributed by atoms with Crippen LogP contribution in [0.25, 0.3) is 0 Å². The normalized spacial score (nSPS) is 13.4. The van der Waals surface area contributed by atoms with Gasteiger partial charge in [-0.1, -0.05) is 92.3 Å². The topological polar surface area (TPSA) is 26.3 Å². The van der Waals surface area contributed by atoms with E-state index in [4.69, 9.17) is 4.74 Å². The van der Waals surface area contributed by atoms with Crippen molar-refractivity contribution in [3.8, 4) is 5.75 Å². The minimum Gasteiger partial charge on any atom is -0.426 e. The number of hydrogen-bond donors (Lipinski definition) is 0. The molecule has 0 aliphatic rings. The molecule has 0 saturated carbocycles. The number of esters is 1. The van der Waals surface area contributed by atoms with E-state index >= 15 is 0 Å². The third kappa shape index (κ3) is 12.9. The molecule has 0 radical (unpaired) electrons. The van der Waals surface area contributed by atoms with Crippen LogP contribution in [-0.4, -0.2) is 5.97 Å². The smallest absolute Gasteiger partial charge is 0.311 e. The van der Waals surface area contributed by atoms with Gasteiger partial charge < -0.3 is 4.74 Å². The van der Waals surface area contributed by atoms with Gasteiger partial charge >= 0.3 is 5.97 Å². The summed E-state index contributed by atoms with van der Waals surface area (Å²) in [5, 5.41) is 0. The van der Waals surface area contributed by atoms with Crippen LogP contribution in [-0.2, 0) is 4.79 Å². The average Bonchev–Trinajstić information content (AvgIpc) is 2.73. The first kappa shape index (κ1) is 27.4. The maximum absolute atomic E-state index is 12.3. The molecule has 0 spiro atoms. The summed E-state index contributed by atoms with van der Waals surface area (Å²) in [6.07, 6.45) is 28.3. The first-order valence-electron chi connectivity index (χ1n) is 12.0. The van der Waals surface area contributed by atoms with Gasteiger partial charge in [0.1, 0.15) is 5.75 Å². The molecule has 0 aliphatic heterocycles. The van der Waals surface area contributed by atoms with Gasteiger partial charge in [0, 0.05) is 6.42 Å². The van der Waals surface area contributed by atoms with Crippen molar-refractivity contribution in [1.29, 1.82) is 0 Å². The van der Waals surface area contributed by atoms with Crippen molar-refractivity contribution in [3.05, 3.63) is 89.6 Å². The highest BCUT2D eigenvalue weighted by atomic mass is 16.5. The summed E-state index contributed by atoms with van der Waals surface area (Å²) in [5.74, 6) is 0.824. The SMILES string of the molecule is CC/C=C\C/C=C\C/C=C\C/C=C\C/C=C\CC(C)CC(=O)Oc1c(C)cc(C)cc1C. The predicted octanol–water partition coefficient (Wildman–Crippen LogP) is 8.68. The summed E-state index contributed by atoms with van der Waals surface area (Å²) in [7, 11) is 0. The molecule has 174 valence electrons. The Kier molecular flexibility index (Phi) is 14.6. The predicted molar refractivity (Wildman–Crippen MR) is 139 cm³/mol. The Bertz CT molecular complexity index is 798. The minimum absolute atomic E-state index is 0.153. The third-order valence-corrected chi connectivity index (χ3v) is 5.03. The maximum atomic E-state index is 12.3. The van der Waals surface area contributed by atoms with E-state index in [1.54, 1.807) is 0 Å². The molecule has 0 aliphatic carbocycles. The van der Waals surface area contributed by atoms with E-state index in [2.05, 4.69) is 93.7 Å². The number of aryl methyl sites for hydroxylation is 3. The van der Waals surface area contributed by atoms with Gasteiger partial charge in [-0.3, -0.25) is 4.79 Å². The maximum Gasteiger partial charge on any atom is 0.311 e. The van der Waals surface area contributed by atoms with Gasteiger partial charge in [0.15, 0.2) is 0 Å². The van der Waals surface area contributed by atoms with E-state index in [-0.39, 0.29) is 11.9 Å². The van der Waals surface area contributed by atoms with Gasteiger partial charge in [0.25, 0.3) is 0 Å². The van der Waals surface area contributed by atoms with Crippen LogP contribution in [0.2, 0.25) is 0 Å². The highest BCUT2D eigenvalue weighted by Gasteiger charge is 2.13. The van der Waals surface area contributed by atoms with Crippen LogP contribution in [0.4, 0.5) is 0 Å². The number of carbonyl (C=O) groups excluding carboxylic acids is 1. The Morgan fingerprint density at radius 1 is 0.781 bits per heavy atom. The highest BCUT2D eigenvalue weighted by Crippen LogP contribution is 2.25. The van der Waals surface area contributed by atoms with Crippen LogP contribution in [0.15, 0.2) is 72.9 Å². The molecule has 1 atom stereocenters. The fourth-order valence-electron chi connectivity index (χ4n) is 3.43. The lowest BCUT2D eigenvalue weighted by Gasteiger charge is -2.13. The molecule has 0 fully saturated rings. The van der Waals surface area contributed by atoms with E-state index < -0.39 is 0 Å². The standard InChI is InChI=1S/C30H42O2/c1-6-7-8-9-10-11-12-13-14-15-16-17-18-19-20-21-25(2)24-29(31)32-30-27(4)22-26(3)23-28(30)5/h7-8,10-11,13-14,16-17,19-20,22-23,25H,6,9,12,15,18,21,24H2,1-5H3/b8-7-,11-10-,14-13-,17-16-,20-19-. The number of rotatable bonds is 14. The quantitative estimate of drug-likeness (QED) is 0.166. The second-order valence-corrected chi connectivity index (χ2v) is 8.45. The van der Waals surface area contributed by atoms with Crippen LogP contribution in [0.3, 0.4) is 0 Å². The molecule has 2 nitrogen and oxygen atoms in total. The fourth-order valence-corrected chi connectivity index (χ4v) is 3.43. The van der Waals surface area contributed by atoms with Gasteiger partial charge in [-0.05, 0) is 76.3 Å². The Morgan fingerprint density at radius 2 is 1.22 bits per heavy atom. The number of hydrogen-bond acceptors (Lipinski definition) is 2. The van der Waals surface area contributed by atoms with Crippen LogP contribution in [0.1, 0.15) is 75.5 Å². The number of ether oxygens (including phenoxy) is 1. The lowest BCUT2D eigenvalue weighted by molar-refractivity contribution is -0.135. The molecule has 1 aromatic rings. The summed E-state index contributed by atoms with van der Waals surface area (Å²) < 4.78 is 5.64. The molecule has 32 heavy (non-hydrogen) atoms. The van der Waals surface area contributed by atoms with E-state index in [1.807, 2.05) is 13.8 Å². The highest BCUT2D eigenvalue weighted by molar-refractivity contribution is 5.73. The van der Waals surface area contributed by atoms with Gasteiger partial charge in [0.2, 0.25) is 0 Å². The van der Waals surface area contributed by atoms with Crippen molar-refractivity contribution >= 4 is 5.97 Å². The van der Waals surface area contributed by atoms with Gasteiger partial charge in [-0.25, -0.2) is 0 Å². The van der Waals surface area contributed by atoms with Crippen LogP contribution < -0.4 is 4.74 Å². The molecule has 0 N–H and O–H groups in total. The minimum atomic E-state index is -0.153. The summed E-state index contributed by atoms with van der Waals surface area (Å²) in [5.41, 5.74) is 3.22. The van der Waals surface area contributed by atoms with E-state index in [0.29, 0.717) is 12.2 Å². The zero-order valence-electron chi connectivity index (χ0n) is 20.8. The van der Waals surface area contributed by atoms with Gasteiger partial charge in [-0.2, -0.15) is 0 Å². The first-order valence-corrected chi connectivity index (χ1v) is 12.0. The van der Waals surface area contributed by atoms with Gasteiger partial charge in [-0.15, -0.1) is 0 Å².